The molecule has 94 valence electrons. The first kappa shape index (κ1) is 15.0. The Bertz CT molecular complexity index is 251. The predicted molar refractivity (Wildman–Crippen MR) is 43.3 cm³/mol. The molecule has 0 aliphatic carbocycles. The van der Waals surface area contributed by atoms with Crippen molar-refractivity contribution in [1.29, 1.82) is 5.26 Å². The van der Waals surface area contributed by atoms with E-state index in [-0.39, 0.29) is 6.54 Å². The molecule has 0 N–H and O–H groups in total. The fourth-order valence-corrected chi connectivity index (χ4v) is 1.03. The molecule has 0 rings (SSSR count). The van der Waals surface area contributed by atoms with Gasteiger partial charge in [0.05, 0.1) is 12.6 Å². The molecule has 0 saturated heterocycles. The maximum Gasteiger partial charge on any atom is 0.405 e. The molecule has 0 heterocycles. The normalized spacial score (nSPS) is 14.9. The molecule has 0 aromatic carbocycles. The summed E-state index contributed by atoms with van der Waals surface area (Å²) in [5.74, 6) is -2.39. The molecule has 8 heteroatoms. The Kier molecular flexibility index (Phi) is 5.06. The largest absolute Gasteiger partial charge is 0.405 e. The van der Waals surface area contributed by atoms with Crippen molar-refractivity contribution in [2.75, 3.05) is 19.6 Å². The minimum absolute atomic E-state index is 0.201. The van der Waals surface area contributed by atoms with E-state index in [0.29, 0.717) is 4.90 Å². The van der Waals surface area contributed by atoms with Gasteiger partial charge in [0, 0.05) is 6.54 Å². The number of halogens is 6. The summed E-state index contributed by atoms with van der Waals surface area (Å²) in [5.41, 5.74) is 0. The second-order valence-corrected chi connectivity index (χ2v) is 3.17. The minimum Gasteiger partial charge on any atom is -0.294 e. The zero-order chi connectivity index (χ0) is 13.0. The predicted octanol–water partition coefficient (Wildman–Crippen LogP) is 2.57. The van der Waals surface area contributed by atoms with Crippen LogP contribution < -0.4 is 0 Å². The third-order valence-corrected chi connectivity index (χ3v) is 1.84. The van der Waals surface area contributed by atoms with E-state index in [1.54, 1.807) is 0 Å². The number of hydrogen-bond donors (Lipinski definition) is 0. The van der Waals surface area contributed by atoms with Gasteiger partial charge in [0.1, 0.15) is 0 Å². The Balaban J connectivity index is 4.48. The quantitative estimate of drug-likeness (QED) is 0.715. The SMILES string of the molecule is CCN(CC(C#N)C(F)(F)F)CC(F)(F)F. The molecule has 0 aliphatic rings. The van der Waals surface area contributed by atoms with E-state index >= 15 is 0 Å². The van der Waals surface area contributed by atoms with Crippen LogP contribution in [0.15, 0.2) is 0 Å². The Hall–Kier alpha value is -0.970. The van der Waals surface area contributed by atoms with Gasteiger partial charge in [-0.25, -0.2) is 0 Å². The molecule has 0 amide bonds. The smallest absolute Gasteiger partial charge is 0.294 e. The topological polar surface area (TPSA) is 27.0 Å². The zero-order valence-electron chi connectivity index (χ0n) is 8.36. The van der Waals surface area contributed by atoms with Crippen LogP contribution in [-0.4, -0.2) is 36.9 Å². The van der Waals surface area contributed by atoms with Gasteiger partial charge in [-0.05, 0) is 6.54 Å². The highest BCUT2D eigenvalue weighted by Gasteiger charge is 2.42. The third-order valence-electron chi connectivity index (χ3n) is 1.84. The molecule has 2 nitrogen and oxygen atoms in total. The van der Waals surface area contributed by atoms with E-state index in [4.69, 9.17) is 5.26 Å². The number of nitriles is 1. The van der Waals surface area contributed by atoms with Gasteiger partial charge in [-0.3, -0.25) is 4.90 Å². The van der Waals surface area contributed by atoms with Gasteiger partial charge in [0.25, 0.3) is 0 Å². The summed E-state index contributed by atoms with van der Waals surface area (Å²) in [6.45, 7) is -1.31. The lowest BCUT2D eigenvalue weighted by molar-refractivity contribution is -0.176. The molecule has 16 heavy (non-hydrogen) atoms. The van der Waals surface area contributed by atoms with Crippen molar-refractivity contribution in [2.45, 2.75) is 19.3 Å². The van der Waals surface area contributed by atoms with Crippen LogP contribution in [0.5, 0.6) is 0 Å². The second-order valence-electron chi connectivity index (χ2n) is 3.17. The minimum atomic E-state index is -4.80. The standard InChI is InChI=1S/C8H10F6N2/c1-2-16(5-7(9,10)11)4-6(3-15)8(12,13)14/h6H,2,4-5H2,1H3. The molecule has 0 radical (unpaired) electrons. The maximum atomic E-state index is 12.1. The van der Waals surface area contributed by atoms with E-state index in [2.05, 4.69) is 0 Å². The Labute approximate surface area is 88.4 Å². The molecule has 1 unspecified atom stereocenters. The summed E-state index contributed by atoms with van der Waals surface area (Å²) in [6, 6.07) is 0.959. The van der Waals surface area contributed by atoms with E-state index in [0.717, 1.165) is 6.07 Å². The van der Waals surface area contributed by atoms with Gasteiger partial charge in [-0.15, -0.1) is 0 Å². The lowest BCUT2D eigenvalue weighted by atomic mass is 10.1. The third kappa shape index (κ3) is 5.80. The molecular formula is C8H10F6N2. The van der Waals surface area contributed by atoms with Gasteiger partial charge in [-0.1, -0.05) is 6.92 Å². The number of rotatable bonds is 4. The lowest BCUT2D eigenvalue weighted by Gasteiger charge is -2.25. The Morgan fingerprint density at radius 1 is 1.19 bits per heavy atom. The van der Waals surface area contributed by atoms with Gasteiger partial charge < -0.3 is 0 Å². The molecule has 0 spiro atoms. The average Bonchev–Trinajstić information content (AvgIpc) is 2.07. The zero-order valence-corrected chi connectivity index (χ0v) is 8.36. The highest BCUT2D eigenvalue weighted by Crippen LogP contribution is 2.27. The molecule has 0 saturated carbocycles. The fraction of sp³-hybridized carbons (Fsp3) is 0.875. The lowest BCUT2D eigenvalue weighted by Crippen LogP contribution is -2.40. The monoisotopic (exact) mass is 248 g/mol. The van der Waals surface area contributed by atoms with Crippen molar-refractivity contribution in [1.82, 2.24) is 4.90 Å². The Morgan fingerprint density at radius 3 is 1.94 bits per heavy atom. The van der Waals surface area contributed by atoms with E-state index in [1.807, 2.05) is 0 Å². The van der Waals surface area contributed by atoms with E-state index in [1.165, 1.54) is 6.92 Å². The van der Waals surface area contributed by atoms with Crippen LogP contribution >= 0.6 is 0 Å². The van der Waals surface area contributed by atoms with Crippen LogP contribution in [-0.2, 0) is 0 Å². The average molecular weight is 248 g/mol. The van der Waals surface area contributed by atoms with Crippen molar-refractivity contribution in [2.24, 2.45) is 5.92 Å². The van der Waals surface area contributed by atoms with Crippen molar-refractivity contribution >= 4 is 0 Å². The second kappa shape index (κ2) is 5.39. The summed E-state index contributed by atoms with van der Waals surface area (Å²) >= 11 is 0. The summed E-state index contributed by atoms with van der Waals surface area (Å²) < 4.78 is 72.2. The molecule has 0 aromatic rings. The van der Waals surface area contributed by atoms with Gasteiger partial charge >= 0.3 is 12.4 Å². The molecular weight excluding hydrogens is 238 g/mol. The van der Waals surface area contributed by atoms with Gasteiger partial charge in [-0.2, -0.15) is 31.6 Å². The molecule has 0 fully saturated rings. The highest BCUT2D eigenvalue weighted by molar-refractivity contribution is 4.90. The number of nitrogens with zero attached hydrogens (tertiary/aromatic N) is 2. The van der Waals surface area contributed by atoms with Crippen molar-refractivity contribution < 1.29 is 26.3 Å². The molecule has 0 bridgehead atoms. The molecule has 1 atom stereocenters. The van der Waals surface area contributed by atoms with Gasteiger partial charge in [0.15, 0.2) is 5.92 Å². The number of hydrogen-bond acceptors (Lipinski definition) is 2. The molecule has 0 aromatic heterocycles. The van der Waals surface area contributed by atoms with Crippen LogP contribution in [0.2, 0.25) is 0 Å². The fourth-order valence-electron chi connectivity index (χ4n) is 1.03. The summed E-state index contributed by atoms with van der Waals surface area (Å²) in [5, 5.41) is 8.23. The first-order valence-electron chi connectivity index (χ1n) is 4.35. The summed E-state index contributed by atoms with van der Waals surface area (Å²) in [6.07, 6.45) is -9.37. The summed E-state index contributed by atoms with van der Waals surface area (Å²) in [4.78, 5) is 0.543. The molecule has 0 aliphatic heterocycles. The Morgan fingerprint density at radius 2 is 1.69 bits per heavy atom. The maximum absolute atomic E-state index is 12.1. The van der Waals surface area contributed by atoms with Crippen LogP contribution in [0.3, 0.4) is 0 Å². The van der Waals surface area contributed by atoms with Crippen LogP contribution in [0, 0.1) is 17.2 Å². The van der Waals surface area contributed by atoms with Gasteiger partial charge in [0.2, 0.25) is 0 Å². The number of alkyl halides is 6. The van der Waals surface area contributed by atoms with Crippen molar-refractivity contribution in [3.05, 3.63) is 0 Å². The van der Waals surface area contributed by atoms with Crippen LogP contribution in [0.4, 0.5) is 26.3 Å². The van der Waals surface area contributed by atoms with Crippen molar-refractivity contribution in [3.8, 4) is 6.07 Å². The van der Waals surface area contributed by atoms with E-state index < -0.39 is 31.4 Å². The summed E-state index contributed by atoms with van der Waals surface area (Å²) in [7, 11) is 0. The van der Waals surface area contributed by atoms with E-state index in [9.17, 15) is 26.3 Å². The van der Waals surface area contributed by atoms with Crippen LogP contribution in [0.1, 0.15) is 6.92 Å². The first-order valence-corrected chi connectivity index (χ1v) is 4.35. The highest BCUT2D eigenvalue weighted by atomic mass is 19.4. The van der Waals surface area contributed by atoms with Crippen molar-refractivity contribution in [3.63, 3.8) is 0 Å². The van der Waals surface area contributed by atoms with Crippen LogP contribution in [0.25, 0.3) is 0 Å². The first-order chi connectivity index (χ1) is 7.10.